The number of carbonyl (C=O) groups is 1. The lowest BCUT2D eigenvalue weighted by atomic mass is 10.1. The standard InChI is InChI=1S/C20H18F2N4O/c1-3-13-7-9-14(10-8-13)24-19(27)17-11-12(2)23-20(25-17)26-18-15(21)5-4-6-16(18)22/h4-11H,3H2,1-2H3,(H,24,27)(H,23,25,26). The Labute approximate surface area is 155 Å². The van der Waals surface area contributed by atoms with Gasteiger partial charge in [-0.1, -0.05) is 25.1 Å². The molecule has 0 aliphatic carbocycles. The lowest BCUT2D eigenvalue weighted by Gasteiger charge is -2.10. The number of aryl methyl sites for hydroxylation is 2. The molecular formula is C20H18F2N4O. The van der Waals surface area contributed by atoms with E-state index in [1.165, 1.54) is 12.1 Å². The largest absolute Gasteiger partial charge is 0.321 e. The number of nitrogens with one attached hydrogen (secondary N) is 2. The van der Waals surface area contributed by atoms with E-state index in [9.17, 15) is 13.6 Å². The molecule has 1 heterocycles. The third-order valence-corrected chi connectivity index (χ3v) is 3.91. The highest BCUT2D eigenvalue weighted by molar-refractivity contribution is 6.03. The predicted octanol–water partition coefficient (Wildman–Crippen LogP) is 4.62. The molecule has 3 aromatic rings. The molecule has 1 aromatic heterocycles. The van der Waals surface area contributed by atoms with Gasteiger partial charge in [0, 0.05) is 11.4 Å². The van der Waals surface area contributed by atoms with Crippen LogP contribution >= 0.6 is 0 Å². The number of benzene rings is 2. The summed E-state index contributed by atoms with van der Waals surface area (Å²) in [6.45, 7) is 3.71. The van der Waals surface area contributed by atoms with Crippen LogP contribution in [0.5, 0.6) is 0 Å². The maximum atomic E-state index is 13.8. The molecule has 0 saturated heterocycles. The number of rotatable bonds is 5. The van der Waals surface area contributed by atoms with E-state index >= 15 is 0 Å². The highest BCUT2D eigenvalue weighted by Gasteiger charge is 2.14. The fourth-order valence-electron chi connectivity index (χ4n) is 2.49. The highest BCUT2D eigenvalue weighted by Crippen LogP contribution is 2.21. The molecule has 0 spiro atoms. The number of nitrogens with zero attached hydrogens (tertiary/aromatic N) is 2. The Morgan fingerprint density at radius 2 is 1.70 bits per heavy atom. The van der Waals surface area contributed by atoms with Gasteiger partial charge < -0.3 is 10.6 Å². The summed E-state index contributed by atoms with van der Waals surface area (Å²) in [5.74, 6) is -2.06. The van der Waals surface area contributed by atoms with Gasteiger partial charge in [-0.15, -0.1) is 0 Å². The van der Waals surface area contributed by atoms with Crippen molar-refractivity contribution in [3.05, 3.63) is 77.1 Å². The van der Waals surface area contributed by atoms with Crippen molar-refractivity contribution >= 4 is 23.2 Å². The van der Waals surface area contributed by atoms with Gasteiger partial charge in [-0.3, -0.25) is 4.79 Å². The van der Waals surface area contributed by atoms with Crippen molar-refractivity contribution in [1.29, 1.82) is 0 Å². The number of carbonyl (C=O) groups excluding carboxylic acids is 1. The molecule has 2 N–H and O–H groups in total. The van der Waals surface area contributed by atoms with Gasteiger partial charge in [0.05, 0.1) is 0 Å². The third-order valence-electron chi connectivity index (χ3n) is 3.91. The Morgan fingerprint density at radius 1 is 1.04 bits per heavy atom. The topological polar surface area (TPSA) is 66.9 Å². The fourth-order valence-corrected chi connectivity index (χ4v) is 2.49. The summed E-state index contributed by atoms with van der Waals surface area (Å²) in [6, 6.07) is 12.5. The molecule has 5 nitrogen and oxygen atoms in total. The van der Waals surface area contributed by atoms with Crippen LogP contribution in [0, 0.1) is 18.6 Å². The van der Waals surface area contributed by atoms with Crippen LogP contribution in [0.15, 0.2) is 48.5 Å². The number of hydrogen-bond donors (Lipinski definition) is 2. The van der Waals surface area contributed by atoms with E-state index < -0.39 is 17.5 Å². The first-order chi connectivity index (χ1) is 13.0. The number of hydrogen-bond acceptors (Lipinski definition) is 4. The van der Waals surface area contributed by atoms with Gasteiger partial charge in [0.2, 0.25) is 5.95 Å². The van der Waals surface area contributed by atoms with E-state index in [2.05, 4.69) is 20.6 Å². The van der Waals surface area contributed by atoms with Crippen LogP contribution < -0.4 is 10.6 Å². The van der Waals surface area contributed by atoms with Crippen LogP contribution in [-0.4, -0.2) is 15.9 Å². The second-order valence-electron chi connectivity index (χ2n) is 5.94. The quantitative estimate of drug-likeness (QED) is 0.689. The molecule has 2 aromatic carbocycles. The van der Waals surface area contributed by atoms with Gasteiger partial charge in [0.1, 0.15) is 23.0 Å². The van der Waals surface area contributed by atoms with Gasteiger partial charge in [-0.25, -0.2) is 18.7 Å². The molecule has 0 atom stereocenters. The highest BCUT2D eigenvalue weighted by atomic mass is 19.1. The maximum Gasteiger partial charge on any atom is 0.274 e. The normalized spacial score (nSPS) is 10.5. The van der Waals surface area contributed by atoms with E-state index in [0.29, 0.717) is 11.4 Å². The number of halogens is 2. The fraction of sp³-hybridized carbons (Fsp3) is 0.150. The maximum absolute atomic E-state index is 13.8. The van der Waals surface area contributed by atoms with E-state index in [1.807, 2.05) is 19.1 Å². The van der Waals surface area contributed by atoms with Crippen LogP contribution in [-0.2, 0) is 6.42 Å². The molecule has 27 heavy (non-hydrogen) atoms. The Balaban J connectivity index is 1.82. The first-order valence-corrected chi connectivity index (χ1v) is 8.43. The van der Waals surface area contributed by atoms with E-state index in [-0.39, 0.29) is 17.3 Å². The number of aromatic nitrogens is 2. The second-order valence-corrected chi connectivity index (χ2v) is 5.94. The Bertz CT molecular complexity index is 954. The van der Waals surface area contributed by atoms with Crippen LogP contribution in [0.4, 0.5) is 26.1 Å². The summed E-state index contributed by atoms with van der Waals surface area (Å²) in [6.07, 6.45) is 0.904. The number of anilines is 3. The first-order valence-electron chi connectivity index (χ1n) is 8.43. The average molecular weight is 368 g/mol. The summed E-state index contributed by atoms with van der Waals surface area (Å²) in [4.78, 5) is 20.6. The summed E-state index contributed by atoms with van der Waals surface area (Å²) >= 11 is 0. The summed E-state index contributed by atoms with van der Waals surface area (Å²) in [5, 5.41) is 5.25. The van der Waals surface area contributed by atoms with Crippen molar-refractivity contribution in [1.82, 2.24) is 9.97 Å². The molecule has 0 fully saturated rings. The molecular weight excluding hydrogens is 350 g/mol. The average Bonchev–Trinajstić information content (AvgIpc) is 2.65. The molecule has 0 saturated carbocycles. The second kappa shape index (κ2) is 7.90. The van der Waals surface area contributed by atoms with Crippen molar-refractivity contribution in [3.8, 4) is 0 Å². The molecule has 0 unspecified atom stereocenters. The van der Waals surface area contributed by atoms with Gasteiger partial charge in [-0.05, 0) is 49.2 Å². The zero-order valence-electron chi connectivity index (χ0n) is 14.9. The summed E-state index contributed by atoms with van der Waals surface area (Å²) in [5.41, 5.74) is 1.98. The van der Waals surface area contributed by atoms with E-state index in [0.717, 1.165) is 24.1 Å². The Hall–Kier alpha value is -3.35. The number of para-hydroxylation sites is 1. The summed E-state index contributed by atoms with van der Waals surface area (Å²) in [7, 11) is 0. The van der Waals surface area contributed by atoms with Gasteiger partial charge in [0.25, 0.3) is 5.91 Å². The molecule has 1 amide bonds. The molecule has 0 aliphatic heterocycles. The van der Waals surface area contributed by atoms with Crippen molar-refractivity contribution in [2.45, 2.75) is 20.3 Å². The molecule has 0 aliphatic rings. The van der Waals surface area contributed by atoms with Gasteiger partial charge in [-0.2, -0.15) is 0 Å². The van der Waals surface area contributed by atoms with E-state index in [1.54, 1.807) is 19.1 Å². The van der Waals surface area contributed by atoms with Crippen molar-refractivity contribution in [2.24, 2.45) is 0 Å². The van der Waals surface area contributed by atoms with Crippen molar-refractivity contribution < 1.29 is 13.6 Å². The van der Waals surface area contributed by atoms with Crippen molar-refractivity contribution in [3.63, 3.8) is 0 Å². The minimum absolute atomic E-state index is 0.0644. The molecule has 7 heteroatoms. The molecule has 0 bridgehead atoms. The Kier molecular flexibility index (Phi) is 5.40. The molecule has 3 rings (SSSR count). The Morgan fingerprint density at radius 3 is 2.33 bits per heavy atom. The summed E-state index contributed by atoms with van der Waals surface area (Å²) < 4.78 is 27.6. The van der Waals surface area contributed by atoms with Crippen LogP contribution in [0.1, 0.15) is 28.7 Å². The minimum Gasteiger partial charge on any atom is -0.321 e. The molecule has 0 radical (unpaired) electrons. The van der Waals surface area contributed by atoms with E-state index in [4.69, 9.17) is 0 Å². The lowest BCUT2D eigenvalue weighted by Crippen LogP contribution is -2.15. The van der Waals surface area contributed by atoms with Crippen LogP contribution in [0.2, 0.25) is 0 Å². The van der Waals surface area contributed by atoms with Crippen LogP contribution in [0.25, 0.3) is 0 Å². The zero-order chi connectivity index (χ0) is 19.4. The smallest absolute Gasteiger partial charge is 0.274 e. The SMILES string of the molecule is CCc1ccc(NC(=O)c2cc(C)nc(Nc3c(F)cccc3F)n2)cc1. The molecule has 138 valence electrons. The zero-order valence-corrected chi connectivity index (χ0v) is 14.9. The monoisotopic (exact) mass is 368 g/mol. The van der Waals surface area contributed by atoms with Gasteiger partial charge in [0.15, 0.2) is 0 Å². The van der Waals surface area contributed by atoms with Gasteiger partial charge >= 0.3 is 0 Å². The lowest BCUT2D eigenvalue weighted by molar-refractivity contribution is 0.102. The predicted molar refractivity (Wildman–Crippen MR) is 100 cm³/mol. The number of amides is 1. The minimum atomic E-state index is -0.776. The van der Waals surface area contributed by atoms with Crippen molar-refractivity contribution in [2.75, 3.05) is 10.6 Å². The first kappa shape index (κ1) is 18.4. The third kappa shape index (κ3) is 4.44. The van der Waals surface area contributed by atoms with Crippen LogP contribution in [0.3, 0.4) is 0 Å².